The van der Waals surface area contributed by atoms with Crippen molar-refractivity contribution in [3.8, 4) is 0 Å². The first-order chi connectivity index (χ1) is 16.5. The molecule has 0 spiro atoms. The summed E-state index contributed by atoms with van der Waals surface area (Å²) in [6, 6.07) is 0.315. The lowest BCUT2D eigenvalue weighted by Crippen LogP contribution is -2.55. The van der Waals surface area contributed by atoms with Crippen LogP contribution in [0.5, 0.6) is 0 Å². The SMILES string of the molecule is COCCCN1CCN(C(=O)C2C=C3C(=NC(=O)c4cnn(CC5CCC5)c43)C=C2C)C[C@@H]1C. The highest BCUT2D eigenvalue weighted by atomic mass is 16.5. The molecule has 1 aromatic heterocycles. The van der Waals surface area contributed by atoms with Gasteiger partial charge in [-0.05, 0) is 45.1 Å². The van der Waals surface area contributed by atoms with Crippen molar-refractivity contribution >= 4 is 23.1 Å². The summed E-state index contributed by atoms with van der Waals surface area (Å²) in [7, 11) is 1.73. The lowest BCUT2D eigenvalue weighted by molar-refractivity contribution is -0.135. The molecule has 0 N–H and O–H groups in total. The molecule has 5 rings (SSSR count). The number of aromatic nitrogens is 2. The Labute approximate surface area is 201 Å². The van der Waals surface area contributed by atoms with Crippen LogP contribution in [0.15, 0.2) is 28.9 Å². The van der Waals surface area contributed by atoms with E-state index in [0.29, 0.717) is 23.2 Å². The van der Waals surface area contributed by atoms with Crippen LogP contribution in [0.1, 0.15) is 55.6 Å². The second kappa shape index (κ2) is 9.58. The van der Waals surface area contributed by atoms with E-state index in [2.05, 4.69) is 21.9 Å². The largest absolute Gasteiger partial charge is 0.385 e. The second-order valence-electron chi connectivity index (χ2n) is 10.2. The maximum atomic E-state index is 13.7. The molecule has 1 aromatic rings. The van der Waals surface area contributed by atoms with Crippen LogP contribution >= 0.6 is 0 Å². The van der Waals surface area contributed by atoms with Crippen LogP contribution in [-0.4, -0.2) is 83.0 Å². The third-order valence-electron chi connectivity index (χ3n) is 7.80. The van der Waals surface area contributed by atoms with Gasteiger partial charge in [-0.25, -0.2) is 4.99 Å². The third-order valence-corrected chi connectivity index (χ3v) is 7.80. The number of ether oxygens (including phenoxy) is 1. The summed E-state index contributed by atoms with van der Waals surface area (Å²) in [5, 5.41) is 4.54. The minimum absolute atomic E-state index is 0.132. The average Bonchev–Trinajstić information content (AvgIpc) is 3.21. The summed E-state index contributed by atoms with van der Waals surface area (Å²) in [6.07, 6.45) is 10.3. The van der Waals surface area contributed by atoms with E-state index in [-0.39, 0.29) is 17.7 Å². The molecule has 2 amide bonds. The molecule has 34 heavy (non-hydrogen) atoms. The maximum Gasteiger partial charge on any atom is 0.281 e. The van der Waals surface area contributed by atoms with E-state index in [1.807, 2.05) is 28.7 Å². The van der Waals surface area contributed by atoms with E-state index < -0.39 is 0 Å². The molecule has 1 saturated heterocycles. The Kier molecular flexibility index (Phi) is 6.53. The van der Waals surface area contributed by atoms with E-state index in [1.165, 1.54) is 19.3 Å². The second-order valence-corrected chi connectivity index (χ2v) is 10.2. The number of hydrogen-bond acceptors (Lipinski definition) is 5. The Bertz CT molecular complexity index is 1060. The van der Waals surface area contributed by atoms with Crippen molar-refractivity contribution in [3.05, 3.63) is 35.2 Å². The molecular formula is C26H35N5O3. The van der Waals surface area contributed by atoms with Crippen LogP contribution in [0.4, 0.5) is 0 Å². The first-order valence-electron chi connectivity index (χ1n) is 12.6. The first kappa shape index (κ1) is 23.2. The van der Waals surface area contributed by atoms with Gasteiger partial charge in [0.25, 0.3) is 5.91 Å². The zero-order valence-corrected chi connectivity index (χ0v) is 20.5. The van der Waals surface area contributed by atoms with Gasteiger partial charge in [0, 0.05) is 58.1 Å². The zero-order chi connectivity index (χ0) is 23.8. The number of methoxy groups -OCH3 is 1. The van der Waals surface area contributed by atoms with E-state index in [1.54, 1.807) is 13.3 Å². The quantitative estimate of drug-likeness (QED) is 0.579. The minimum Gasteiger partial charge on any atom is -0.385 e. The van der Waals surface area contributed by atoms with Gasteiger partial charge in [0.05, 0.1) is 29.1 Å². The van der Waals surface area contributed by atoms with Crippen LogP contribution in [0.2, 0.25) is 0 Å². The molecule has 0 bridgehead atoms. The van der Waals surface area contributed by atoms with Crippen molar-refractivity contribution in [3.63, 3.8) is 0 Å². The smallest absolute Gasteiger partial charge is 0.281 e. The highest BCUT2D eigenvalue weighted by molar-refractivity contribution is 6.36. The molecule has 2 aliphatic heterocycles. The standard InChI is InChI=1S/C26H35N5O3/c1-17-12-23-21(24-22(25(32)28-23)14-27-31(24)16-19-6-4-7-19)13-20(17)26(33)30-10-9-29(18(2)15-30)8-5-11-34-3/h12-14,18-20H,4-11,15-16H2,1-3H3/t18-,20?/m0/s1. The van der Waals surface area contributed by atoms with Gasteiger partial charge in [-0.1, -0.05) is 18.1 Å². The van der Waals surface area contributed by atoms with E-state index in [0.717, 1.165) is 62.6 Å². The predicted octanol–water partition coefficient (Wildman–Crippen LogP) is 2.81. The van der Waals surface area contributed by atoms with Crippen LogP contribution in [0.3, 0.4) is 0 Å². The molecule has 4 aliphatic rings. The topological polar surface area (TPSA) is 80.0 Å². The third kappa shape index (κ3) is 4.29. The molecule has 8 nitrogen and oxygen atoms in total. The van der Waals surface area contributed by atoms with Crippen LogP contribution in [0.25, 0.3) is 5.57 Å². The number of piperazine rings is 1. The van der Waals surface area contributed by atoms with Gasteiger partial charge in [0.1, 0.15) is 0 Å². The molecule has 2 fully saturated rings. The van der Waals surface area contributed by atoms with Gasteiger partial charge in [-0.15, -0.1) is 0 Å². The molecule has 8 heteroatoms. The van der Waals surface area contributed by atoms with Crippen LogP contribution < -0.4 is 0 Å². The molecule has 3 heterocycles. The highest BCUT2D eigenvalue weighted by Gasteiger charge is 2.36. The fourth-order valence-electron chi connectivity index (χ4n) is 5.52. The number of carbonyl (C=O) groups is 2. The molecule has 2 aliphatic carbocycles. The van der Waals surface area contributed by atoms with Crippen molar-refractivity contribution in [2.24, 2.45) is 16.8 Å². The van der Waals surface area contributed by atoms with Gasteiger partial charge in [-0.3, -0.25) is 19.2 Å². The number of carbonyl (C=O) groups excluding carboxylic acids is 2. The monoisotopic (exact) mass is 465 g/mol. The number of amides is 2. The normalized spacial score (nSPS) is 25.2. The molecule has 0 radical (unpaired) electrons. The average molecular weight is 466 g/mol. The summed E-state index contributed by atoms with van der Waals surface area (Å²) in [5.74, 6) is 0.165. The zero-order valence-electron chi connectivity index (χ0n) is 20.5. The van der Waals surface area contributed by atoms with Crippen molar-refractivity contribution in [1.29, 1.82) is 0 Å². The summed E-state index contributed by atoms with van der Waals surface area (Å²) in [4.78, 5) is 35.1. The Morgan fingerprint density at radius 3 is 2.79 bits per heavy atom. The lowest BCUT2D eigenvalue weighted by Gasteiger charge is -2.41. The Balaban J connectivity index is 1.36. The summed E-state index contributed by atoms with van der Waals surface area (Å²) >= 11 is 0. The Hall–Kier alpha value is -2.58. The van der Waals surface area contributed by atoms with Crippen LogP contribution in [0, 0.1) is 11.8 Å². The fourth-order valence-corrected chi connectivity index (χ4v) is 5.52. The number of aliphatic imine (C=N–C) groups is 1. The number of nitrogens with zero attached hydrogens (tertiary/aromatic N) is 5. The van der Waals surface area contributed by atoms with Crippen LogP contribution in [-0.2, 0) is 16.1 Å². The Morgan fingerprint density at radius 1 is 1.26 bits per heavy atom. The van der Waals surface area contributed by atoms with E-state index in [9.17, 15) is 9.59 Å². The maximum absolute atomic E-state index is 13.7. The van der Waals surface area contributed by atoms with Gasteiger partial charge in [0.2, 0.25) is 5.91 Å². The molecule has 1 saturated carbocycles. The summed E-state index contributed by atoms with van der Waals surface area (Å²) in [5.41, 5.74) is 3.85. The summed E-state index contributed by atoms with van der Waals surface area (Å²) < 4.78 is 7.15. The number of hydrogen-bond donors (Lipinski definition) is 0. The molecule has 182 valence electrons. The molecule has 2 atom stereocenters. The highest BCUT2D eigenvalue weighted by Crippen LogP contribution is 2.36. The molecule has 0 aromatic carbocycles. The van der Waals surface area contributed by atoms with Crippen molar-refractivity contribution in [2.45, 2.75) is 52.1 Å². The van der Waals surface area contributed by atoms with Gasteiger partial charge >= 0.3 is 0 Å². The number of rotatable bonds is 7. The number of fused-ring (bicyclic) bond motifs is 3. The van der Waals surface area contributed by atoms with Crippen molar-refractivity contribution in [1.82, 2.24) is 19.6 Å². The minimum atomic E-state index is -0.339. The molecular weight excluding hydrogens is 430 g/mol. The lowest BCUT2D eigenvalue weighted by atomic mass is 9.83. The van der Waals surface area contributed by atoms with Crippen molar-refractivity contribution in [2.75, 3.05) is 39.9 Å². The predicted molar refractivity (Wildman–Crippen MR) is 131 cm³/mol. The van der Waals surface area contributed by atoms with Crippen molar-refractivity contribution < 1.29 is 14.3 Å². The Morgan fingerprint density at radius 2 is 2.09 bits per heavy atom. The summed E-state index contributed by atoms with van der Waals surface area (Å²) in [6.45, 7) is 9.06. The van der Waals surface area contributed by atoms with Gasteiger partial charge < -0.3 is 9.64 Å². The van der Waals surface area contributed by atoms with Gasteiger partial charge in [0.15, 0.2) is 0 Å². The first-order valence-corrected chi connectivity index (χ1v) is 12.6. The van der Waals surface area contributed by atoms with E-state index >= 15 is 0 Å². The van der Waals surface area contributed by atoms with E-state index in [4.69, 9.17) is 4.74 Å². The van der Waals surface area contributed by atoms with Gasteiger partial charge in [-0.2, -0.15) is 5.10 Å². The number of allylic oxidation sites excluding steroid dienone is 2. The molecule has 1 unspecified atom stereocenters. The fraction of sp³-hybridized carbons (Fsp3) is 0.615.